The second kappa shape index (κ2) is 4.22. The third kappa shape index (κ3) is 1.80. The Labute approximate surface area is 94.3 Å². The summed E-state index contributed by atoms with van der Waals surface area (Å²) in [6.07, 6.45) is 2.05. The van der Waals surface area contributed by atoms with Crippen molar-refractivity contribution in [3.63, 3.8) is 0 Å². The zero-order valence-corrected chi connectivity index (χ0v) is 9.49. The largest absolute Gasteiger partial charge is 0.465 e. The number of fused-ring (bicyclic) bond motifs is 1. The fourth-order valence-electron chi connectivity index (χ4n) is 2.09. The highest BCUT2D eigenvalue weighted by atomic mass is 16.5. The van der Waals surface area contributed by atoms with Crippen molar-refractivity contribution in [2.45, 2.75) is 32.3 Å². The molecule has 4 heteroatoms. The monoisotopic (exact) mass is 221 g/mol. The SMILES string of the molecule is COC(=O)c1cc2c(nc1C)C(O)CCC2. The first-order valence-corrected chi connectivity index (χ1v) is 5.40. The Morgan fingerprint density at radius 1 is 1.62 bits per heavy atom. The Kier molecular flexibility index (Phi) is 2.92. The number of hydrogen-bond donors (Lipinski definition) is 1. The molecule has 4 nitrogen and oxygen atoms in total. The van der Waals surface area contributed by atoms with Gasteiger partial charge < -0.3 is 9.84 Å². The number of nitrogens with zero attached hydrogens (tertiary/aromatic N) is 1. The quantitative estimate of drug-likeness (QED) is 0.731. The molecule has 0 amide bonds. The van der Waals surface area contributed by atoms with Crippen molar-refractivity contribution in [2.75, 3.05) is 7.11 Å². The molecule has 0 aromatic carbocycles. The highest BCUT2D eigenvalue weighted by molar-refractivity contribution is 5.90. The molecule has 1 heterocycles. The van der Waals surface area contributed by atoms with Gasteiger partial charge in [0.2, 0.25) is 0 Å². The van der Waals surface area contributed by atoms with E-state index in [1.165, 1.54) is 7.11 Å². The van der Waals surface area contributed by atoms with E-state index in [4.69, 9.17) is 4.74 Å². The molecule has 0 fully saturated rings. The second-order valence-electron chi connectivity index (χ2n) is 4.07. The molecule has 1 N–H and O–H groups in total. The van der Waals surface area contributed by atoms with Crippen LogP contribution in [-0.4, -0.2) is 23.2 Å². The fraction of sp³-hybridized carbons (Fsp3) is 0.500. The maximum absolute atomic E-state index is 11.5. The van der Waals surface area contributed by atoms with Crippen LogP contribution in [-0.2, 0) is 11.2 Å². The van der Waals surface area contributed by atoms with Gasteiger partial charge in [0.25, 0.3) is 0 Å². The average Bonchev–Trinajstić information content (AvgIpc) is 2.29. The molecule has 1 atom stereocenters. The second-order valence-corrected chi connectivity index (χ2v) is 4.07. The van der Waals surface area contributed by atoms with Crippen LogP contribution >= 0.6 is 0 Å². The van der Waals surface area contributed by atoms with Gasteiger partial charge in [-0.25, -0.2) is 4.79 Å². The predicted molar refractivity (Wildman–Crippen MR) is 58.2 cm³/mol. The molecule has 0 saturated heterocycles. The van der Waals surface area contributed by atoms with Crippen LogP contribution in [0.25, 0.3) is 0 Å². The molecule has 16 heavy (non-hydrogen) atoms. The number of aliphatic hydroxyl groups is 1. The van der Waals surface area contributed by atoms with E-state index >= 15 is 0 Å². The lowest BCUT2D eigenvalue weighted by Crippen LogP contribution is -2.15. The first-order valence-electron chi connectivity index (χ1n) is 5.40. The van der Waals surface area contributed by atoms with Crippen molar-refractivity contribution in [3.05, 3.63) is 28.6 Å². The molecule has 2 rings (SSSR count). The standard InChI is InChI=1S/C12H15NO3/c1-7-9(12(15)16-2)6-8-4-3-5-10(14)11(8)13-7/h6,10,14H,3-5H2,1-2H3. The summed E-state index contributed by atoms with van der Waals surface area (Å²) < 4.78 is 4.69. The van der Waals surface area contributed by atoms with Crippen LogP contribution in [0.15, 0.2) is 6.07 Å². The van der Waals surface area contributed by atoms with Gasteiger partial charge in [0.1, 0.15) is 0 Å². The maximum atomic E-state index is 11.5. The third-order valence-corrected chi connectivity index (χ3v) is 2.97. The van der Waals surface area contributed by atoms with Crippen molar-refractivity contribution in [1.29, 1.82) is 0 Å². The van der Waals surface area contributed by atoms with Crippen LogP contribution in [0.3, 0.4) is 0 Å². The Balaban J connectivity index is 2.48. The molecule has 0 bridgehead atoms. The van der Waals surface area contributed by atoms with Gasteiger partial charge >= 0.3 is 5.97 Å². The molecule has 0 radical (unpaired) electrons. The smallest absolute Gasteiger partial charge is 0.339 e. The number of ether oxygens (including phenoxy) is 1. The maximum Gasteiger partial charge on any atom is 0.339 e. The highest BCUT2D eigenvalue weighted by Crippen LogP contribution is 2.29. The molecule has 1 aromatic rings. The van der Waals surface area contributed by atoms with E-state index < -0.39 is 6.10 Å². The number of aliphatic hydroxyl groups excluding tert-OH is 1. The summed E-state index contributed by atoms with van der Waals surface area (Å²) in [6, 6.07) is 1.80. The molecule has 86 valence electrons. The molecule has 1 unspecified atom stereocenters. The van der Waals surface area contributed by atoms with E-state index in [9.17, 15) is 9.90 Å². The van der Waals surface area contributed by atoms with Crippen LogP contribution in [0.5, 0.6) is 0 Å². The first kappa shape index (κ1) is 11.1. The van der Waals surface area contributed by atoms with E-state index in [1.54, 1.807) is 13.0 Å². The van der Waals surface area contributed by atoms with Gasteiger partial charge in [-0.15, -0.1) is 0 Å². The number of aryl methyl sites for hydroxylation is 2. The Bertz CT molecular complexity index is 429. The van der Waals surface area contributed by atoms with Gasteiger partial charge in [-0.1, -0.05) is 0 Å². The molecule has 0 aliphatic heterocycles. The number of esters is 1. The minimum Gasteiger partial charge on any atom is -0.465 e. The Hall–Kier alpha value is -1.42. The summed E-state index contributed by atoms with van der Waals surface area (Å²) in [5, 5.41) is 9.79. The van der Waals surface area contributed by atoms with E-state index in [1.807, 2.05) is 0 Å². The van der Waals surface area contributed by atoms with Crippen LogP contribution in [0.1, 0.15) is 46.3 Å². The number of carbonyl (C=O) groups is 1. The van der Waals surface area contributed by atoms with Crippen molar-refractivity contribution in [3.8, 4) is 0 Å². The van der Waals surface area contributed by atoms with Crippen molar-refractivity contribution in [1.82, 2.24) is 4.98 Å². The number of methoxy groups -OCH3 is 1. The number of rotatable bonds is 1. The number of pyridine rings is 1. The minimum atomic E-state index is -0.492. The van der Waals surface area contributed by atoms with Crippen LogP contribution in [0.2, 0.25) is 0 Å². The van der Waals surface area contributed by atoms with Crippen LogP contribution in [0.4, 0.5) is 0 Å². The first-order chi connectivity index (χ1) is 7.63. The molecule has 0 spiro atoms. The van der Waals surface area contributed by atoms with Crippen molar-refractivity contribution in [2.24, 2.45) is 0 Å². The molecular formula is C12H15NO3. The van der Waals surface area contributed by atoms with Gasteiger partial charge in [0.05, 0.1) is 30.2 Å². The van der Waals surface area contributed by atoms with Gasteiger partial charge in [0.15, 0.2) is 0 Å². The summed E-state index contributed by atoms with van der Waals surface area (Å²) >= 11 is 0. The van der Waals surface area contributed by atoms with Gasteiger partial charge in [-0.2, -0.15) is 0 Å². The van der Waals surface area contributed by atoms with E-state index in [-0.39, 0.29) is 5.97 Å². The van der Waals surface area contributed by atoms with Gasteiger partial charge in [-0.3, -0.25) is 4.98 Å². The van der Waals surface area contributed by atoms with Crippen molar-refractivity contribution < 1.29 is 14.6 Å². The molecule has 1 aliphatic carbocycles. The summed E-state index contributed by atoms with van der Waals surface area (Å²) in [6.45, 7) is 1.76. The van der Waals surface area contributed by atoms with Crippen molar-refractivity contribution >= 4 is 5.97 Å². The summed E-state index contributed by atoms with van der Waals surface area (Å²) in [5.41, 5.74) is 2.79. The molecule has 1 aliphatic rings. The number of hydrogen-bond acceptors (Lipinski definition) is 4. The van der Waals surface area contributed by atoms with Gasteiger partial charge in [-0.05, 0) is 37.8 Å². The van der Waals surface area contributed by atoms with Crippen LogP contribution < -0.4 is 0 Å². The molecule has 1 aromatic heterocycles. The lowest BCUT2D eigenvalue weighted by Gasteiger charge is -2.21. The Morgan fingerprint density at radius 3 is 3.06 bits per heavy atom. The normalized spacial score (nSPS) is 19.1. The highest BCUT2D eigenvalue weighted by Gasteiger charge is 2.22. The lowest BCUT2D eigenvalue weighted by molar-refractivity contribution is 0.0598. The zero-order chi connectivity index (χ0) is 11.7. The van der Waals surface area contributed by atoms with Crippen LogP contribution in [0, 0.1) is 6.92 Å². The number of aromatic nitrogens is 1. The molecular weight excluding hydrogens is 206 g/mol. The molecule has 0 saturated carbocycles. The van der Waals surface area contributed by atoms with E-state index in [0.717, 1.165) is 30.5 Å². The minimum absolute atomic E-state index is 0.368. The predicted octanol–water partition coefficient (Wildman–Crippen LogP) is 1.55. The Morgan fingerprint density at radius 2 is 2.38 bits per heavy atom. The topological polar surface area (TPSA) is 59.4 Å². The summed E-state index contributed by atoms with van der Waals surface area (Å²) in [5.74, 6) is -0.368. The summed E-state index contributed by atoms with van der Waals surface area (Å²) in [7, 11) is 1.36. The fourth-order valence-corrected chi connectivity index (χ4v) is 2.09. The average molecular weight is 221 g/mol. The third-order valence-electron chi connectivity index (χ3n) is 2.97. The lowest BCUT2D eigenvalue weighted by atomic mass is 9.92. The summed E-state index contributed by atoms with van der Waals surface area (Å²) in [4.78, 5) is 15.8. The number of carbonyl (C=O) groups excluding carboxylic acids is 1. The zero-order valence-electron chi connectivity index (χ0n) is 9.49. The van der Waals surface area contributed by atoms with Gasteiger partial charge in [0, 0.05) is 0 Å². The van der Waals surface area contributed by atoms with E-state index in [0.29, 0.717) is 11.3 Å². The van der Waals surface area contributed by atoms with E-state index in [2.05, 4.69) is 4.98 Å².